The van der Waals surface area contributed by atoms with E-state index in [1.807, 2.05) is 0 Å². The van der Waals surface area contributed by atoms with Gasteiger partial charge in [-0.3, -0.25) is 14.2 Å². The largest absolute Gasteiger partial charge is 0.758 e. The van der Waals surface area contributed by atoms with Gasteiger partial charge in [0.2, 0.25) is 0 Å². The van der Waals surface area contributed by atoms with E-state index in [1.54, 1.807) is 54.7 Å². The SMILES string of the molecule is O=C(N[C@H]1CCC[C@@H]1N([O-])c1ccc(-n2ccccc2=O)cc1)c1ccc(Cl)s1. The predicted molar refractivity (Wildman–Crippen MR) is 116 cm³/mol. The fourth-order valence-corrected chi connectivity index (χ4v) is 4.60. The van der Waals surface area contributed by atoms with Crippen LogP contribution in [0.15, 0.2) is 65.6 Å². The third-order valence-electron chi connectivity index (χ3n) is 5.10. The zero-order valence-electron chi connectivity index (χ0n) is 15.5. The third-order valence-corrected chi connectivity index (χ3v) is 6.33. The van der Waals surface area contributed by atoms with Crippen LogP contribution in [-0.2, 0) is 0 Å². The van der Waals surface area contributed by atoms with Gasteiger partial charge >= 0.3 is 0 Å². The molecule has 1 amide bonds. The van der Waals surface area contributed by atoms with E-state index >= 15 is 0 Å². The van der Waals surface area contributed by atoms with Gasteiger partial charge in [-0.25, -0.2) is 0 Å². The van der Waals surface area contributed by atoms with Crippen molar-refractivity contribution in [2.75, 3.05) is 5.06 Å². The number of thiophene rings is 1. The number of carbonyl (C=O) groups excluding carboxylic acids is 1. The molecule has 0 aliphatic heterocycles. The van der Waals surface area contributed by atoms with Crippen molar-refractivity contribution in [1.29, 1.82) is 0 Å². The normalized spacial score (nSPS) is 18.6. The molecule has 1 aromatic carbocycles. The number of aromatic nitrogens is 1. The summed E-state index contributed by atoms with van der Waals surface area (Å²) in [5.74, 6) is -0.203. The standard InChI is InChI=1S/C21H19ClN3O3S/c22-19-12-11-18(29-19)21(27)23-16-4-3-5-17(16)25(28)15-9-7-14(8-10-15)24-13-2-1-6-20(24)26/h1-2,6-13,16-17H,3-5H2,(H,23,27)/q-1/t16-,17-/m0/s1. The molecule has 6 nitrogen and oxygen atoms in total. The van der Waals surface area contributed by atoms with Crippen molar-refractivity contribution < 1.29 is 4.79 Å². The van der Waals surface area contributed by atoms with E-state index in [4.69, 9.17) is 11.6 Å². The van der Waals surface area contributed by atoms with Crippen molar-refractivity contribution in [3.05, 3.63) is 85.6 Å². The van der Waals surface area contributed by atoms with Gasteiger partial charge in [-0.15, -0.1) is 11.3 Å². The molecule has 1 N–H and O–H groups in total. The number of hydrogen-bond donors (Lipinski definition) is 1. The summed E-state index contributed by atoms with van der Waals surface area (Å²) in [6.07, 6.45) is 4.02. The highest BCUT2D eigenvalue weighted by molar-refractivity contribution is 7.18. The third kappa shape index (κ3) is 4.22. The number of hydroxylamine groups is 1. The average molecular weight is 429 g/mol. The van der Waals surface area contributed by atoms with Gasteiger partial charge in [0.05, 0.1) is 9.21 Å². The number of carbonyl (C=O) groups is 1. The maximum Gasteiger partial charge on any atom is 0.261 e. The van der Waals surface area contributed by atoms with E-state index < -0.39 is 0 Å². The number of pyridine rings is 1. The fraction of sp³-hybridized carbons (Fsp3) is 0.238. The lowest BCUT2D eigenvalue weighted by molar-refractivity contribution is 0.0939. The number of hydrogen-bond acceptors (Lipinski definition) is 5. The maximum atomic E-state index is 13.0. The summed E-state index contributed by atoms with van der Waals surface area (Å²) in [7, 11) is 0. The van der Waals surface area contributed by atoms with Crippen molar-refractivity contribution >= 4 is 34.5 Å². The lowest BCUT2D eigenvalue weighted by atomic mass is 10.1. The van der Waals surface area contributed by atoms with Crippen molar-refractivity contribution in [1.82, 2.24) is 9.88 Å². The first-order valence-corrected chi connectivity index (χ1v) is 10.5. The highest BCUT2D eigenvalue weighted by Gasteiger charge is 2.30. The molecular weight excluding hydrogens is 410 g/mol. The summed E-state index contributed by atoms with van der Waals surface area (Å²) in [5.41, 5.74) is 1.06. The zero-order chi connectivity index (χ0) is 20.4. The van der Waals surface area contributed by atoms with Gasteiger partial charge in [-0.2, -0.15) is 0 Å². The molecule has 1 fully saturated rings. The molecule has 1 aliphatic carbocycles. The number of rotatable bonds is 5. The minimum atomic E-state index is -0.334. The first-order chi connectivity index (χ1) is 14.0. The highest BCUT2D eigenvalue weighted by atomic mass is 35.5. The van der Waals surface area contributed by atoms with Crippen molar-refractivity contribution in [3.8, 4) is 5.69 Å². The molecule has 2 heterocycles. The zero-order valence-corrected chi connectivity index (χ0v) is 17.0. The van der Waals surface area contributed by atoms with E-state index in [2.05, 4.69) is 5.32 Å². The monoisotopic (exact) mass is 428 g/mol. The number of halogens is 1. The molecule has 0 saturated heterocycles. The molecule has 0 spiro atoms. The number of anilines is 1. The molecule has 0 radical (unpaired) electrons. The predicted octanol–water partition coefficient (Wildman–Crippen LogP) is 4.21. The van der Waals surface area contributed by atoms with Crippen molar-refractivity contribution in [2.24, 2.45) is 0 Å². The molecule has 29 heavy (non-hydrogen) atoms. The summed E-state index contributed by atoms with van der Waals surface area (Å²) < 4.78 is 2.07. The first-order valence-electron chi connectivity index (χ1n) is 9.33. The maximum absolute atomic E-state index is 13.0. The second kappa shape index (κ2) is 8.41. The molecule has 4 rings (SSSR count). The molecule has 8 heteroatoms. The van der Waals surface area contributed by atoms with Crippen LogP contribution < -0.4 is 15.9 Å². The van der Waals surface area contributed by atoms with Crippen LogP contribution in [0, 0.1) is 5.21 Å². The molecule has 1 aliphatic rings. The van der Waals surface area contributed by atoms with Gasteiger partial charge in [-0.05, 0) is 61.7 Å². The average Bonchev–Trinajstić information content (AvgIpc) is 3.37. The minimum Gasteiger partial charge on any atom is -0.758 e. The smallest absolute Gasteiger partial charge is 0.261 e. The van der Waals surface area contributed by atoms with E-state index in [9.17, 15) is 14.8 Å². The Bertz CT molecular complexity index is 1060. The van der Waals surface area contributed by atoms with Gasteiger partial charge < -0.3 is 15.6 Å². The van der Waals surface area contributed by atoms with Crippen molar-refractivity contribution in [2.45, 2.75) is 31.3 Å². The van der Waals surface area contributed by atoms with Gasteiger partial charge in [0.1, 0.15) is 0 Å². The molecular formula is C21H19ClN3O3S-. The molecule has 3 aromatic rings. The molecule has 1 saturated carbocycles. The Morgan fingerprint density at radius 3 is 2.62 bits per heavy atom. The summed E-state index contributed by atoms with van der Waals surface area (Å²) in [5, 5.41) is 16.9. The van der Waals surface area contributed by atoms with Crippen LogP contribution >= 0.6 is 22.9 Å². The lowest BCUT2D eigenvalue weighted by Gasteiger charge is -2.40. The molecule has 0 bridgehead atoms. The van der Waals surface area contributed by atoms with E-state index in [-0.39, 0.29) is 23.6 Å². The minimum absolute atomic E-state index is 0.133. The topological polar surface area (TPSA) is 77.4 Å². The van der Waals surface area contributed by atoms with Gasteiger partial charge in [-0.1, -0.05) is 17.7 Å². The van der Waals surface area contributed by atoms with Crippen LogP contribution in [0.3, 0.4) is 0 Å². The first kappa shape index (κ1) is 19.7. The molecule has 2 atom stereocenters. The van der Waals surface area contributed by atoms with E-state index in [1.165, 1.54) is 22.0 Å². The Labute approximate surface area is 176 Å². The number of nitrogens with one attached hydrogen (secondary N) is 1. The molecule has 2 aromatic heterocycles. The Morgan fingerprint density at radius 1 is 1.14 bits per heavy atom. The fourth-order valence-electron chi connectivity index (χ4n) is 3.66. The van der Waals surface area contributed by atoms with Crippen LogP contribution in [0.25, 0.3) is 5.69 Å². The summed E-state index contributed by atoms with van der Waals surface area (Å²) in [6, 6.07) is 14.7. The summed E-state index contributed by atoms with van der Waals surface area (Å²) in [4.78, 5) is 24.9. The van der Waals surface area contributed by atoms with Crippen LogP contribution in [0.2, 0.25) is 4.34 Å². The van der Waals surface area contributed by atoms with Crippen LogP contribution in [0.4, 0.5) is 5.69 Å². The number of nitrogens with zero attached hydrogens (tertiary/aromatic N) is 2. The number of benzene rings is 1. The Kier molecular flexibility index (Phi) is 5.71. The second-order valence-electron chi connectivity index (χ2n) is 6.93. The molecule has 150 valence electrons. The van der Waals surface area contributed by atoms with E-state index in [0.29, 0.717) is 27.0 Å². The quantitative estimate of drug-likeness (QED) is 0.617. The van der Waals surface area contributed by atoms with Gasteiger partial charge in [0, 0.05) is 35.7 Å². The van der Waals surface area contributed by atoms with Crippen LogP contribution in [0.5, 0.6) is 0 Å². The summed E-state index contributed by atoms with van der Waals surface area (Å²) in [6.45, 7) is 0. The van der Waals surface area contributed by atoms with Gasteiger partial charge in [0.15, 0.2) is 0 Å². The Balaban J connectivity index is 1.48. The Hall–Kier alpha value is -2.61. The molecule has 0 unspecified atom stereocenters. The van der Waals surface area contributed by atoms with Crippen LogP contribution in [0.1, 0.15) is 28.9 Å². The van der Waals surface area contributed by atoms with Gasteiger partial charge in [0.25, 0.3) is 11.5 Å². The second-order valence-corrected chi connectivity index (χ2v) is 8.65. The summed E-state index contributed by atoms with van der Waals surface area (Å²) >= 11 is 7.13. The van der Waals surface area contributed by atoms with Crippen molar-refractivity contribution in [3.63, 3.8) is 0 Å². The van der Waals surface area contributed by atoms with E-state index in [0.717, 1.165) is 17.9 Å². The van der Waals surface area contributed by atoms with Crippen LogP contribution in [-0.4, -0.2) is 22.6 Å². The lowest BCUT2D eigenvalue weighted by Crippen LogP contribution is -2.46. The number of amides is 1. The highest BCUT2D eigenvalue weighted by Crippen LogP contribution is 2.29. The Morgan fingerprint density at radius 2 is 1.93 bits per heavy atom.